The minimum atomic E-state index is -0.125. The van der Waals surface area contributed by atoms with Crippen LogP contribution in [0.1, 0.15) is 28.1 Å². The maximum absolute atomic E-state index is 12.0. The molecule has 1 aromatic carbocycles. The van der Waals surface area contributed by atoms with E-state index in [2.05, 4.69) is 10.4 Å². The van der Waals surface area contributed by atoms with Gasteiger partial charge in [0.15, 0.2) is 0 Å². The van der Waals surface area contributed by atoms with Crippen molar-refractivity contribution in [1.82, 2.24) is 15.1 Å². The van der Waals surface area contributed by atoms with Crippen LogP contribution in [0.15, 0.2) is 30.3 Å². The van der Waals surface area contributed by atoms with Crippen molar-refractivity contribution in [2.45, 2.75) is 27.0 Å². The van der Waals surface area contributed by atoms with E-state index < -0.39 is 0 Å². The van der Waals surface area contributed by atoms with E-state index in [4.69, 9.17) is 4.74 Å². The molecule has 1 N–H and O–H groups in total. The highest BCUT2D eigenvalue weighted by atomic mass is 16.5. The van der Waals surface area contributed by atoms with Crippen LogP contribution >= 0.6 is 0 Å². The van der Waals surface area contributed by atoms with Gasteiger partial charge in [0.2, 0.25) is 5.91 Å². The highest BCUT2D eigenvalue weighted by Crippen LogP contribution is 2.13. The second-order valence-corrected chi connectivity index (χ2v) is 5.46. The Morgan fingerprint density at radius 2 is 2.00 bits per heavy atom. The van der Waals surface area contributed by atoms with Crippen molar-refractivity contribution >= 4 is 12.0 Å². The third kappa shape index (κ3) is 4.29. The quantitative estimate of drug-likeness (QED) is 0.834. The van der Waals surface area contributed by atoms with E-state index in [9.17, 15) is 4.79 Å². The lowest BCUT2D eigenvalue weighted by Gasteiger charge is -2.08. The van der Waals surface area contributed by atoms with Crippen molar-refractivity contribution in [3.05, 3.63) is 58.4 Å². The van der Waals surface area contributed by atoms with Crippen LogP contribution in [0.3, 0.4) is 0 Å². The highest BCUT2D eigenvalue weighted by molar-refractivity contribution is 5.91. The maximum atomic E-state index is 12.0. The second-order valence-electron chi connectivity index (χ2n) is 5.46. The maximum Gasteiger partial charge on any atom is 0.244 e. The zero-order valence-electron chi connectivity index (χ0n) is 14.1. The van der Waals surface area contributed by atoms with Gasteiger partial charge in [-0.15, -0.1) is 0 Å². The van der Waals surface area contributed by atoms with Crippen molar-refractivity contribution in [2.75, 3.05) is 7.11 Å². The minimum Gasteiger partial charge on any atom is -0.380 e. The fourth-order valence-corrected chi connectivity index (χ4v) is 2.46. The molecule has 0 spiro atoms. The lowest BCUT2D eigenvalue weighted by molar-refractivity contribution is -0.116. The number of rotatable bonds is 6. The van der Waals surface area contributed by atoms with E-state index in [-0.39, 0.29) is 5.91 Å². The van der Waals surface area contributed by atoms with Crippen molar-refractivity contribution in [3.8, 4) is 0 Å². The Hall–Kier alpha value is -2.40. The summed E-state index contributed by atoms with van der Waals surface area (Å²) in [6, 6.07) is 7.92. The molecule has 2 aromatic rings. The molecule has 1 heterocycles. The second kappa shape index (κ2) is 7.74. The average molecular weight is 313 g/mol. The first-order valence-corrected chi connectivity index (χ1v) is 7.54. The summed E-state index contributed by atoms with van der Waals surface area (Å²) in [5.41, 5.74) is 5.09. The van der Waals surface area contributed by atoms with Crippen LogP contribution in [0.2, 0.25) is 0 Å². The van der Waals surface area contributed by atoms with E-state index in [1.165, 1.54) is 0 Å². The Labute approximate surface area is 137 Å². The molecule has 0 bridgehead atoms. The van der Waals surface area contributed by atoms with Gasteiger partial charge >= 0.3 is 0 Å². The van der Waals surface area contributed by atoms with Gasteiger partial charge in [0.25, 0.3) is 0 Å². The van der Waals surface area contributed by atoms with Gasteiger partial charge in [-0.25, -0.2) is 0 Å². The number of benzene rings is 1. The fourth-order valence-electron chi connectivity index (χ4n) is 2.46. The molecular weight excluding hydrogens is 290 g/mol. The number of nitrogens with one attached hydrogen (secondary N) is 1. The first kappa shape index (κ1) is 17.0. The minimum absolute atomic E-state index is 0.125. The van der Waals surface area contributed by atoms with Crippen molar-refractivity contribution < 1.29 is 9.53 Å². The lowest BCUT2D eigenvalue weighted by atomic mass is 10.1. The Balaban J connectivity index is 1.99. The van der Waals surface area contributed by atoms with Gasteiger partial charge in [-0.1, -0.05) is 24.3 Å². The summed E-state index contributed by atoms with van der Waals surface area (Å²) in [6.07, 6.45) is 3.37. The molecule has 0 aliphatic rings. The predicted octanol–water partition coefficient (Wildman–Crippen LogP) is 2.51. The topological polar surface area (TPSA) is 56.1 Å². The van der Waals surface area contributed by atoms with Gasteiger partial charge < -0.3 is 10.1 Å². The van der Waals surface area contributed by atoms with Crippen molar-refractivity contribution in [1.29, 1.82) is 0 Å². The summed E-state index contributed by atoms with van der Waals surface area (Å²) >= 11 is 0. The monoisotopic (exact) mass is 313 g/mol. The van der Waals surface area contributed by atoms with E-state index >= 15 is 0 Å². The SMILES string of the molecule is COCc1ccccc1CNC(=O)C=Cc1c(C)nn(C)c1C. The number of amides is 1. The standard InChI is InChI=1S/C18H23N3O2/c1-13-17(14(2)21(3)20-13)9-10-18(22)19-11-15-7-5-6-8-16(15)12-23-4/h5-10H,11-12H2,1-4H3,(H,19,22). The van der Waals surface area contributed by atoms with E-state index in [0.717, 1.165) is 28.1 Å². The number of methoxy groups -OCH3 is 1. The molecule has 0 aliphatic heterocycles. The van der Waals surface area contributed by atoms with E-state index in [1.54, 1.807) is 13.2 Å². The van der Waals surface area contributed by atoms with E-state index in [1.807, 2.05) is 55.9 Å². The summed E-state index contributed by atoms with van der Waals surface area (Å²) in [5, 5.41) is 7.24. The van der Waals surface area contributed by atoms with Crippen LogP contribution in [0.4, 0.5) is 0 Å². The van der Waals surface area contributed by atoms with Gasteiger partial charge in [0, 0.05) is 38.0 Å². The molecule has 122 valence electrons. The molecule has 0 atom stereocenters. The smallest absolute Gasteiger partial charge is 0.244 e. The summed E-state index contributed by atoms with van der Waals surface area (Å²) in [4.78, 5) is 12.0. The summed E-state index contributed by atoms with van der Waals surface area (Å²) in [6.45, 7) is 4.94. The first-order valence-electron chi connectivity index (χ1n) is 7.54. The molecule has 0 saturated heterocycles. The Bertz CT molecular complexity index is 717. The molecule has 5 heteroatoms. The third-order valence-corrected chi connectivity index (χ3v) is 3.84. The number of aromatic nitrogens is 2. The number of hydrogen-bond donors (Lipinski definition) is 1. The molecule has 1 aromatic heterocycles. The fraction of sp³-hybridized carbons (Fsp3) is 0.333. The molecule has 1 amide bonds. The van der Waals surface area contributed by atoms with Crippen molar-refractivity contribution in [2.24, 2.45) is 7.05 Å². The van der Waals surface area contributed by atoms with Gasteiger partial charge in [0.05, 0.1) is 12.3 Å². The molecule has 0 radical (unpaired) electrons. The molecule has 5 nitrogen and oxygen atoms in total. The van der Waals surface area contributed by atoms with Crippen LogP contribution in [0, 0.1) is 13.8 Å². The number of hydrogen-bond acceptors (Lipinski definition) is 3. The number of carbonyl (C=O) groups is 1. The average Bonchev–Trinajstić information content (AvgIpc) is 2.77. The largest absolute Gasteiger partial charge is 0.380 e. The zero-order valence-corrected chi connectivity index (χ0v) is 14.1. The zero-order chi connectivity index (χ0) is 16.8. The molecule has 2 rings (SSSR count). The Kier molecular flexibility index (Phi) is 5.71. The number of aryl methyl sites for hydroxylation is 2. The molecule has 0 unspecified atom stereocenters. The highest BCUT2D eigenvalue weighted by Gasteiger charge is 2.07. The normalized spacial score (nSPS) is 11.1. The van der Waals surface area contributed by atoms with Gasteiger partial charge in [0.1, 0.15) is 0 Å². The summed E-state index contributed by atoms with van der Waals surface area (Å²) in [7, 11) is 3.56. The molecule has 0 saturated carbocycles. The predicted molar refractivity (Wildman–Crippen MR) is 90.7 cm³/mol. The number of ether oxygens (including phenoxy) is 1. The lowest BCUT2D eigenvalue weighted by Crippen LogP contribution is -2.21. The van der Waals surface area contributed by atoms with Crippen LogP contribution in [0.25, 0.3) is 6.08 Å². The molecule has 0 aliphatic carbocycles. The molecule has 23 heavy (non-hydrogen) atoms. The van der Waals surface area contributed by atoms with Gasteiger partial charge in [-0.3, -0.25) is 9.48 Å². The Morgan fingerprint density at radius 1 is 1.30 bits per heavy atom. The first-order chi connectivity index (χ1) is 11.0. The van der Waals surface area contributed by atoms with Crippen LogP contribution < -0.4 is 5.32 Å². The summed E-state index contributed by atoms with van der Waals surface area (Å²) < 4.78 is 6.99. The Morgan fingerprint density at radius 3 is 2.61 bits per heavy atom. The molecule has 0 fully saturated rings. The van der Waals surface area contributed by atoms with Crippen LogP contribution in [-0.4, -0.2) is 22.8 Å². The van der Waals surface area contributed by atoms with E-state index in [0.29, 0.717) is 13.2 Å². The third-order valence-electron chi connectivity index (χ3n) is 3.84. The van der Waals surface area contributed by atoms with Crippen LogP contribution in [0.5, 0.6) is 0 Å². The number of nitrogens with zero attached hydrogens (tertiary/aromatic N) is 2. The number of carbonyl (C=O) groups excluding carboxylic acids is 1. The van der Waals surface area contributed by atoms with Gasteiger partial charge in [-0.2, -0.15) is 5.10 Å². The van der Waals surface area contributed by atoms with Gasteiger partial charge in [-0.05, 0) is 31.1 Å². The molecular formula is C18H23N3O2. The van der Waals surface area contributed by atoms with Crippen LogP contribution in [-0.2, 0) is 29.7 Å². The summed E-state index contributed by atoms with van der Waals surface area (Å²) in [5.74, 6) is -0.125. The van der Waals surface area contributed by atoms with Crippen molar-refractivity contribution in [3.63, 3.8) is 0 Å².